The Bertz CT molecular complexity index is 2960. The summed E-state index contributed by atoms with van der Waals surface area (Å²) in [5, 5.41) is 5.08. The lowest BCUT2D eigenvalue weighted by Crippen LogP contribution is -2.11. The van der Waals surface area contributed by atoms with Crippen LogP contribution in [0, 0.1) is 0 Å². The van der Waals surface area contributed by atoms with Crippen molar-refractivity contribution in [3.63, 3.8) is 0 Å². The predicted molar refractivity (Wildman–Crippen MR) is 241 cm³/mol. The van der Waals surface area contributed by atoms with Gasteiger partial charge in [0.15, 0.2) is 0 Å². The molecule has 56 heavy (non-hydrogen) atoms. The summed E-state index contributed by atoms with van der Waals surface area (Å²) in [6.07, 6.45) is 1.71. The van der Waals surface area contributed by atoms with E-state index in [0.29, 0.717) is 0 Å². The van der Waals surface area contributed by atoms with Crippen molar-refractivity contribution in [1.82, 2.24) is 0 Å². The van der Waals surface area contributed by atoms with Gasteiger partial charge in [0, 0.05) is 36.9 Å². The first-order chi connectivity index (χ1) is 27.8. The van der Waals surface area contributed by atoms with Crippen molar-refractivity contribution < 1.29 is 0 Å². The van der Waals surface area contributed by atoms with Gasteiger partial charge in [-0.1, -0.05) is 176 Å². The van der Waals surface area contributed by atoms with E-state index in [-0.39, 0.29) is 0 Å². The third-order valence-electron chi connectivity index (χ3n) is 11.0. The van der Waals surface area contributed by atoms with Gasteiger partial charge in [-0.05, 0) is 99.1 Å². The lowest BCUT2D eigenvalue weighted by Gasteiger charge is -2.28. The second-order valence-corrected chi connectivity index (χ2v) is 15.5. The Hall–Kier alpha value is -6.74. The monoisotopic (exact) mass is 733 g/mol. The summed E-state index contributed by atoms with van der Waals surface area (Å²) in [7, 11) is 0. The first-order valence-corrected chi connectivity index (χ1v) is 20.2. The quantitative estimate of drug-likeness (QED) is 0.143. The molecule has 0 bridgehead atoms. The van der Waals surface area contributed by atoms with Crippen LogP contribution >= 0.6 is 11.3 Å². The molecule has 0 amide bonds. The number of nitrogens with zero attached hydrogens (tertiary/aromatic N) is 1. The van der Waals surface area contributed by atoms with E-state index in [1.807, 2.05) is 11.3 Å². The third-order valence-corrected chi connectivity index (χ3v) is 12.2. The molecule has 0 atom stereocenters. The molecule has 0 aliphatic carbocycles. The van der Waals surface area contributed by atoms with Crippen LogP contribution < -0.4 is 4.90 Å². The second kappa shape index (κ2) is 14.8. The summed E-state index contributed by atoms with van der Waals surface area (Å²) >= 11 is 1.88. The number of anilines is 3. The Balaban J connectivity index is 1.13. The molecule has 0 unspecified atom stereocenters. The molecule has 0 spiro atoms. The highest BCUT2D eigenvalue weighted by Gasteiger charge is 2.19. The van der Waals surface area contributed by atoms with Crippen molar-refractivity contribution in [2.75, 3.05) is 4.90 Å². The van der Waals surface area contributed by atoms with E-state index in [1.165, 1.54) is 75.5 Å². The van der Waals surface area contributed by atoms with Gasteiger partial charge in [-0.25, -0.2) is 0 Å². The fourth-order valence-electron chi connectivity index (χ4n) is 8.29. The Morgan fingerprint density at radius 2 is 0.946 bits per heavy atom. The van der Waals surface area contributed by atoms with Gasteiger partial charge in [-0.15, -0.1) is 11.3 Å². The normalized spacial score (nSPS) is 11.4. The van der Waals surface area contributed by atoms with Crippen molar-refractivity contribution in [3.8, 4) is 22.3 Å². The van der Waals surface area contributed by atoms with E-state index in [2.05, 4.69) is 217 Å². The van der Waals surface area contributed by atoms with Crippen LogP contribution in [0.1, 0.15) is 22.3 Å². The van der Waals surface area contributed by atoms with Gasteiger partial charge in [0.25, 0.3) is 0 Å². The summed E-state index contributed by atoms with van der Waals surface area (Å²) in [4.78, 5) is 2.44. The molecule has 2 heteroatoms. The minimum atomic E-state index is 0.825. The molecule has 1 heterocycles. The van der Waals surface area contributed by atoms with Crippen molar-refractivity contribution in [3.05, 3.63) is 235 Å². The molecular weight excluding hydrogens is 695 g/mol. The highest BCUT2D eigenvalue weighted by atomic mass is 32.1. The molecular formula is C54H39NS. The highest BCUT2D eigenvalue weighted by molar-refractivity contribution is 7.26. The number of benzene rings is 9. The molecule has 266 valence electrons. The zero-order valence-electron chi connectivity index (χ0n) is 31.0. The van der Waals surface area contributed by atoms with Gasteiger partial charge in [0.2, 0.25) is 0 Å². The molecule has 9 aromatic carbocycles. The van der Waals surface area contributed by atoms with E-state index in [1.54, 1.807) is 0 Å². The average molecular weight is 734 g/mol. The zero-order valence-corrected chi connectivity index (χ0v) is 31.8. The number of rotatable bonds is 9. The molecule has 0 aliphatic heterocycles. The number of hydrogen-bond donors (Lipinski definition) is 0. The second-order valence-electron chi connectivity index (χ2n) is 14.5. The van der Waals surface area contributed by atoms with E-state index in [4.69, 9.17) is 0 Å². The topological polar surface area (TPSA) is 3.24 Å². The Labute approximate surface area is 332 Å². The molecule has 0 saturated heterocycles. The van der Waals surface area contributed by atoms with Gasteiger partial charge in [-0.2, -0.15) is 0 Å². The molecule has 0 N–H and O–H groups in total. The van der Waals surface area contributed by atoms with Crippen molar-refractivity contribution in [1.29, 1.82) is 0 Å². The lowest BCUT2D eigenvalue weighted by atomic mass is 9.89. The largest absolute Gasteiger partial charge is 0.310 e. The molecule has 0 aliphatic rings. The lowest BCUT2D eigenvalue weighted by molar-refractivity contribution is 1.16. The van der Waals surface area contributed by atoms with Gasteiger partial charge in [0.05, 0.1) is 5.69 Å². The summed E-state index contributed by atoms with van der Waals surface area (Å²) in [5.74, 6) is 0. The summed E-state index contributed by atoms with van der Waals surface area (Å²) < 4.78 is 2.66. The van der Waals surface area contributed by atoms with Gasteiger partial charge >= 0.3 is 0 Å². The fourth-order valence-corrected chi connectivity index (χ4v) is 9.53. The van der Waals surface area contributed by atoms with Crippen LogP contribution in [0.15, 0.2) is 212 Å². The van der Waals surface area contributed by atoms with Crippen LogP contribution in [-0.4, -0.2) is 0 Å². The van der Waals surface area contributed by atoms with Crippen LogP contribution in [-0.2, 0) is 12.8 Å². The fraction of sp³-hybridized carbons (Fsp3) is 0.0370. The van der Waals surface area contributed by atoms with Crippen LogP contribution in [0.4, 0.5) is 17.1 Å². The molecule has 1 aromatic heterocycles. The first kappa shape index (κ1) is 33.8. The van der Waals surface area contributed by atoms with Crippen LogP contribution in [0.25, 0.3) is 53.2 Å². The van der Waals surface area contributed by atoms with Gasteiger partial charge < -0.3 is 4.90 Å². The SMILES string of the molecule is c1ccc(Cc2ccccc2-c2ccc(N(c3ccc(-c4cccc5c4sc4ccccc45)cc3)c3cccc4ccccc34)cc2Cc2ccccc2)cc1. The minimum Gasteiger partial charge on any atom is -0.310 e. The average Bonchev–Trinajstić information content (AvgIpc) is 3.65. The summed E-state index contributed by atoms with van der Waals surface area (Å²) in [6.45, 7) is 0. The van der Waals surface area contributed by atoms with Gasteiger partial charge in [0.1, 0.15) is 0 Å². The molecule has 1 nitrogen and oxygen atoms in total. The molecule has 10 aromatic rings. The first-order valence-electron chi connectivity index (χ1n) is 19.3. The van der Waals surface area contributed by atoms with Crippen LogP contribution in [0.5, 0.6) is 0 Å². The van der Waals surface area contributed by atoms with Gasteiger partial charge in [-0.3, -0.25) is 0 Å². The van der Waals surface area contributed by atoms with E-state index in [0.717, 1.165) is 29.9 Å². The minimum absolute atomic E-state index is 0.825. The van der Waals surface area contributed by atoms with Crippen molar-refractivity contribution in [2.45, 2.75) is 12.8 Å². The van der Waals surface area contributed by atoms with Crippen molar-refractivity contribution >= 4 is 59.3 Å². The van der Waals surface area contributed by atoms with E-state index in [9.17, 15) is 0 Å². The number of thiophene rings is 1. The standard InChI is InChI=1S/C54H39NS/c1-3-15-38(16-4-1)35-42-20-8-9-22-46(42)47-34-33-45(37-43(47)36-39-17-5-2-6-18-39)55(52-27-13-21-40-19-7-10-23-48(40)52)44-31-29-41(30-32-44)49-25-14-26-51-50-24-11-12-28-53(50)56-54(49)51/h1-34,37H,35-36H2. The number of fused-ring (bicyclic) bond motifs is 4. The van der Waals surface area contributed by atoms with Crippen LogP contribution in [0.3, 0.4) is 0 Å². The molecule has 0 saturated carbocycles. The smallest absolute Gasteiger partial charge is 0.0540 e. The van der Waals surface area contributed by atoms with Crippen molar-refractivity contribution in [2.24, 2.45) is 0 Å². The molecule has 0 radical (unpaired) electrons. The third kappa shape index (κ3) is 6.45. The summed E-state index contributed by atoms with van der Waals surface area (Å²) in [6, 6.07) is 77.7. The highest BCUT2D eigenvalue weighted by Crippen LogP contribution is 2.44. The predicted octanol–water partition coefficient (Wildman–Crippen LogP) is 15.2. The maximum absolute atomic E-state index is 2.44. The maximum atomic E-state index is 2.44. The molecule has 0 fully saturated rings. The molecule has 10 rings (SSSR count). The van der Waals surface area contributed by atoms with E-state index < -0.39 is 0 Å². The van der Waals surface area contributed by atoms with Crippen LogP contribution in [0.2, 0.25) is 0 Å². The van der Waals surface area contributed by atoms with E-state index >= 15 is 0 Å². The number of hydrogen-bond acceptors (Lipinski definition) is 2. The zero-order chi connectivity index (χ0) is 37.3. The Kier molecular flexibility index (Phi) is 8.95. The Morgan fingerprint density at radius 3 is 1.75 bits per heavy atom. The Morgan fingerprint density at radius 1 is 0.375 bits per heavy atom. The summed E-state index contributed by atoms with van der Waals surface area (Å²) in [5.41, 5.74) is 13.7. The maximum Gasteiger partial charge on any atom is 0.0540 e.